The van der Waals surface area contributed by atoms with E-state index in [-0.39, 0.29) is 11.4 Å². The van der Waals surface area contributed by atoms with Crippen LogP contribution in [0.4, 0.5) is 4.39 Å². The molecular formula is C15H23FN2O. The van der Waals surface area contributed by atoms with Crippen LogP contribution in [0.15, 0.2) is 24.3 Å². The molecule has 1 aliphatic rings. The normalized spacial score (nSPS) is 26.5. The van der Waals surface area contributed by atoms with Crippen molar-refractivity contribution in [2.75, 3.05) is 20.2 Å². The third-order valence-electron chi connectivity index (χ3n) is 4.17. The van der Waals surface area contributed by atoms with Crippen LogP contribution in [0.2, 0.25) is 0 Å². The number of halogens is 1. The summed E-state index contributed by atoms with van der Waals surface area (Å²) in [7, 11) is 2.02. The van der Waals surface area contributed by atoms with Crippen LogP contribution in [-0.2, 0) is 11.3 Å². The number of hydrogen-bond acceptors (Lipinski definition) is 3. The lowest BCUT2D eigenvalue weighted by molar-refractivity contribution is -0.0949. The Kier molecular flexibility index (Phi) is 4.55. The first-order valence-electron chi connectivity index (χ1n) is 6.87. The summed E-state index contributed by atoms with van der Waals surface area (Å²) in [6.45, 7) is 3.91. The fourth-order valence-corrected chi connectivity index (χ4v) is 2.83. The minimum atomic E-state index is -0.151. The van der Waals surface area contributed by atoms with E-state index in [1.807, 2.05) is 26.1 Å². The van der Waals surface area contributed by atoms with Gasteiger partial charge in [-0.2, -0.15) is 0 Å². The standard InChI is InChI=1S/C15H23FN2O/c1-3-19-13-8-15(9-13,11-17)18(2)10-12-6-4-5-7-14(12)16/h4-7,13H,3,8-11,17H2,1-2H3. The Morgan fingerprint density at radius 1 is 1.42 bits per heavy atom. The highest BCUT2D eigenvalue weighted by atomic mass is 19.1. The third-order valence-corrected chi connectivity index (χ3v) is 4.17. The van der Waals surface area contributed by atoms with E-state index in [0.29, 0.717) is 19.2 Å². The molecule has 1 aromatic rings. The summed E-state index contributed by atoms with van der Waals surface area (Å²) in [6, 6.07) is 6.91. The van der Waals surface area contributed by atoms with E-state index < -0.39 is 0 Å². The minimum absolute atomic E-state index is 0.0396. The van der Waals surface area contributed by atoms with Crippen LogP contribution in [-0.4, -0.2) is 36.7 Å². The summed E-state index contributed by atoms with van der Waals surface area (Å²) < 4.78 is 19.3. The summed E-state index contributed by atoms with van der Waals surface area (Å²) in [5.41, 5.74) is 6.61. The van der Waals surface area contributed by atoms with Crippen molar-refractivity contribution in [2.45, 2.75) is 38.0 Å². The van der Waals surface area contributed by atoms with Crippen molar-refractivity contribution in [3.8, 4) is 0 Å². The molecule has 0 saturated heterocycles. The summed E-state index contributed by atoms with van der Waals surface area (Å²) >= 11 is 0. The van der Waals surface area contributed by atoms with Crippen LogP contribution < -0.4 is 5.73 Å². The molecule has 4 heteroatoms. The average Bonchev–Trinajstić information content (AvgIpc) is 2.36. The molecule has 106 valence electrons. The molecule has 19 heavy (non-hydrogen) atoms. The Morgan fingerprint density at radius 2 is 2.11 bits per heavy atom. The van der Waals surface area contributed by atoms with Crippen LogP contribution in [0.3, 0.4) is 0 Å². The fourth-order valence-electron chi connectivity index (χ4n) is 2.83. The molecule has 0 atom stereocenters. The highest BCUT2D eigenvalue weighted by Crippen LogP contribution is 2.39. The molecule has 1 fully saturated rings. The van der Waals surface area contributed by atoms with Gasteiger partial charge in [-0.05, 0) is 32.9 Å². The summed E-state index contributed by atoms with van der Waals surface area (Å²) in [4.78, 5) is 2.17. The lowest BCUT2D eigenvalue weighted by Gasteiger charge is -2.52. The molecule has 1 saturated carbocycles. The third kappa shape index (κ3) is 2.96. The number of likely N-dealkylation sites (N-methyl/N-ethyl adjacent to an activating group) is 1. The zero-order chi connectivity index (χ0) is 13.9. The molecule has 2 N–H and O–H groups in total. The van der Waals surface area contributed by atoms with E-state index in [1.165, 1.54) is 6.07 Å². The summed E-state index contributed by atoms with van der Waals surface area (Å²) in [5, 5.41) is 0. The van der Waals surface area contributed by atoms with Crippen LogP contribution >= 0.6 is 0 Å². The molecule has 2 rings (SSSR count). The predicted molar refractivity (Wildman–Crippen MR) is 74.3 cm³/mol. The van der Waals surface area contributed by atoms with Crippen molar-refractivity contribution < 1.29 is 9.13 Å². The molecule has 1 aromatic carbocycles. The van der Waals surface area contributed by atoms with E-state index >= 15 is 0 Å². The van der Waals surface area contributed by atoms with Crippen molar-refractivity contribution in [1.82, 2.24) is 4.90 Å². The van der Waals surface area contributed by atoms with Crippen LogP contribution in [0.1, 0.15) is 25.3 Å². The number of rotatable bonds is 6. The smallest absolute Gasteiger partial charge is 0.127 e. The van der Waals surface area contributed by atoms with E-state index in [9.17, 15) is 4.39 Å². The number of ether oxygens (including phenoxy) is 1. The molecule has 0 amide bonds. The Labute approximate surface area is 114 Å². The van der Waals surface area contributed by atoms with Crippen molar-refractivity contribution in [2.24, 2.45) is 5.73 Å². The lowest BCUT2D eigenvalue weighted by Crippen LogP contribution is -2.62. The molecule has 0 unspecified atom stereocenters. The number of nitrogens with zero attached hydrogens (tertiary/aromatic N) is 1. The van der Waals surface area contributed by atoms with Gasteiger partial charge in [0.25, 0.3) is 0 Å². The Bertz CT molecular complexity index is 418. The Balaban J connectivity index is 1.99. The monoisotopic (exact) mass is 266 g/mol. The number of benzene rings is 1. The zero-order valence-electron chi connectivity index (χ0n) is 11.7. The maximum atomic E-state index is 13.7. The van der Waals surface area contributed by atoms with Crippen molar-refractivity contribution in [1.29, 1.82) is 0 Å². The molecule has 0 bridgehead atoms. The van der Waals surface area contributed by atoms with Crippen molar-refractivity contribution >= 4 is 0 Å². The highest BCUT2D eigenvalue weighted by molar-refractivity contribution is 5.18. The quantitative estimate of drug-likeness (QED) is 0.857. The fraction of sp³-hybridized carbons (Fsp3) is 0.600. The van der Waals surface area contributed by atoms with Gasteiger partial charge in [0, 0.05) is 30.8 Å². The Hall–Kier alpha value is -0.970. The molecule has 0 heterocycles. The second-order valence-corrected chi connectivity index (χ2v) is 5.36. The molecule has 3 nitrogen and oxygen atoms in total. The highest BCUT2D eigenvalue weighted by Gasteiger charge is 2.46. The molecule has 0 spiro atoms. The van der Waals surface area contributed by atoms with Gasteiger partial charge in [-0.15, -0.1) is 0 Å². The zero-order valence-corrected chi connectivity index (χ0v) is 11.7. The SMILES string of the molecule is CCOC1CC(CN)(N(C)Cc2ccccc2F)C1. The van der Waals surface area contributed by atoms with Gasteiger partial charge in [0.1, 0.15) is 5.82 Å². The van der Waals surface area contributed by atoms with Crippen molar-refractivity contribution in [3.63, 3.8) is 0 Å². The molecule has 1 aliphatic carbocycles. The van der Waals surface area contributed by atoms with Crippen LogP contribution in [0, 0.1) is 5.82 Å². The van der Waals surface area contributed by atoms with Crippen LogP contribution in [0.5, 0.6) is 0 Å². The topological polar surface area (TPSA) is 38.5 Å². The van der Waals surface area contributed by atoms with Gasteiger partial charge in [-0.25, -0.2) is 4.39 Å². The van der Waals surface area contributed by atoms with Gasteiger partial charge >= 0.3 is 0 Å². The molecular weight excluding hydrogens is 243 g/mol. The lowest BCUT2D eigenvalue weighted by atomic mass is 9.73. The summed E-state index contributed by atoms with van der Waals surface area (Å²) in [6.07, 6.45) is 2.17. The van der Waals surface area contributed by atoms with E-state index in [0.717, 1.165) is 25.0 Å². The van der Waals surface area contributed by atoms with Gasteiger partial charge in [0.2, 0.25) is 0 Å². The van der Waals surface area contributed by atoms with Crippen LogP contribution in [0.25, 0.3) is 0 Å². The molecule has 0 radical (unpaired) electrons. The van der Waals surface area contributed by atoms with Gasteiger partial charge in [0.05, 0.1) is 6.10 Å². The first kappa shape index (κ1) is 14.4. The largest absolute Gasteiger partial charge is 0.378 e. The number of hydrogen-bond donors (Lipinski definition) is 1. The number of nitrogens with two attached hydrogens (primary N) is 1. The van der Waals surface area contributed by atoms with Gasteiger partial charge in [0.15, 0.2) is 0 Å². The first-order chi connectivity index (χ1) is 9.11. The second kappa shape index (κ2) is 5.99. The average molecular weight is 266 g/mol. The first-order valence-corrected chi connectivity index (χ1v) is 6.87. The molecule has 0 aromatic heterocycles. The van der Waals surface area contributed by atoms with E-state index in [2.05, 4.69) is 4.90 Å². The van der Waals surface area contributed by atoms with Gasteiger partial charge < -0.3 is 10.5 Å². The molecule has 0 aliphatic heterocycles. The summed E-state index contributed by atoms with van der Waals surface area (Å²) in [5.74, 6) is -0.151. The van der Waals surface area contributed by atoms with Gasteiger partial charge in [-0.3, -0.25) is 4.90 Å². The maximum Gasteiger partial charge on any atom is 0.127 e. The minimum Gasteiger partial charge on any atom is -0.378 e. The van der Waals surface area contributed by atoms with E-state index in [4.69, 9.17) is 10.5 Å². The van der Waals surface area contributed by atoms with Gasteiger partial charge in [-0.1, -0.05) is 18.2 Å². The Morgan fingerprint density at radius 3 is 2.68 bits per heavy atom. The maximum absolute atomic E-state index is 13.7. The predicted octanol–water partition coefficient (Wildman–Crippen LogP) is 2.15. The van der Waals surface area contributed by atoms with E-state index in [1.54, 1.807) is 6.07 Å². The van der Waals surface area contributed by atoms with Crippen molar-refractivity contribution in [3.05, 3.63) is 35.6 Å². The second-order valence-electron chi connectivity index (χ2n) is 5.36.